The van der Waals surface area contributed by atoms with Crippen LogP contribution in [0.2, 0.25) is 19.6 Å². The monoisotopic (exact) mass is 364 g/mol. The summed E-state index contributed by atoms with van der Waals surface area (Å²) in [5.41, 5.74) is 1.12. The summed E-state index contributed by atoms with van der Waals surface area (Å²) in [6.45, 7) is 6.86. The van der Waals surface area contributed by atoms with E-state index in [2.05, 4.69) is 42.0 Å². The Hall–Kier alpha value is -2.99. The third-order valence-corrected chi connectivity index (χ3v) is 6.26. The number of fused-ring (bicyclic) bond motifs is 1. The molecule has 0 amide bonds. The maximum Gasteiger partial charge on any atom is 0.335 e. The molecule has 0 aliphatic heterocycles. The highest BCUT2D eigenvalue weighted by Gasteiger charge is 2.17. The van der Waals surface area contributed by atoms with Crippen LogP contribution >= 0.6 is 0 Å². The van der Waals surface area contributed by atoms with Crippen LogP contribution in [0.4, 0.5) is 11.4 Å². The molecule has 0 aliphatic rings. The Labute approximate surface area is 152 Å². The zero-order valence-electron chi connectivity index (χ0n) is 14.9. The van der Waals surface area contributed by atoms with E-state index < -0.39 is 14.0 Å². The molecule has 0 saturated heterocycles. The lowest BCUT2D eigenvalue weighted by Gasteiger charge is -2.17. The van der Waals surface area contributed by atoms with Gasteiger partial charge in [0.05, 0.1) is 19.3 Å². The molecule has 132 valence electrons. The number of aromatic carboxylic acids is 1. The third-order valence-electron chi connectivity index (χ3n) is 4.22. The molecule has 3 aromatic carbocycles. The molecular weight excluding hydrogens is 344 g/mol. The fourth-order valence-electron chi connectivity index (χ4n) is 2.65. The van der Waals surface area contributed by atoms with E-state index in [0.717, 1.165) is 10.8 Å². The van der Waals surface area contributed by atoms with Crippen molar-refractivity contribution in [1.82, 2.24) is 0 Å². The van der Waals surface area contributed by atoms with Crippen LogP contribution in [0.5, 0.6) is 5.75 Å². The van der Waals surface area contributed by atoms with Gasteiger partial charge in [0.1, 0.15) is 11.4 Å². The lowest BCUT2D eigenvalue weighted by Crippen LogP contribution is -2.37. The van der Waals surface area contributed by atoms with Crippen molar-refractivity contribution >= 4 is 41.4 Å². The van der Waals surface area contributed by atoms with Crippen LogP contribution in [0.15, 0.2) is 64.8 Å². The molecule has 5 nitrogen and oxygen atoms in total. The molecule has 0 saturated carbocycles. The number of azo groups is 1. The summed E-state index contributed by atoms with van der Waals surface area (Å²) >= 11 is 0. The Morgan fingerprint density at radius 3 is 2.23 bits per heavy atom. The molecule has 0 aromatic heterocycles. The lowest BCUT2D eigenvalue weighted by molar-refractivity contribution is 0.0697. The van der Waals surface area contributed by atoms with Gasteiger partial charge >= 0.3 is 5.97 Å². The minimum Gasteiger partial charge on any atom is -0.506 e. The highest BCUT2D eigenvalue weighted by molar-refractivity contribution is 6.88. The normalized spacial score (nSPS) is 12.0. The molecule has 6 heteroatoms. The first-order chi connectivity index (χ1) is 12.3. The Morgan fingerprint density at radius 2 is 1.62 bits per heavy atom. The van der Waals surface area contributed by atoms with E-state index >= 15 is 0 Å². The van der Waals surface area contributed by atoms with Crippen molar-refractivity contribution in [3.8, 4) is 5.75 Å². The Kier molecular flexibility index (Phi) is 4.61. The van der Waals surface area contributed by atoms with Gasteiger partial charge in [-0.05, 0) is 35.7 Å². The van der Waals surface area contributed by atoms with Gasteiger partial charge < -0.3 is 10.2 Å². The van der Waals surface area contributed by atoms with Crippen LogP contribution in [-0.4, -0.2) is 24.3 Å². The lowest BCUT2D eigenvalue weighted by atomic mass is 10.1. The predicted octanol–water partition coefficient (Wildman–Crippen LogP) is 5.20. The Bertz CT molecular complexity index is 1010. The van der Waals surface area contributed by atoms with Gasteiger partial charge in [0.25, 0.3) is 0 Å². The number of carboxylic acids is 1. The minimum absolute atomic E-state index is 0.0594. The van der Waals surface area contributed by atoms with E-state index in [4.69, 9.17) is 5.11 Å². The van der Waals surface area contributed by atoms with Crippen molar-refractivity contribution in [2.75, 3.05) is 0 Å². The zero-order valence-corrected chi connectivity index (χ0v) is 15.9. The second-order valence-electron chi connectivity index (χ2n) is 7.17. The summed E-state index contributed by atoms with van der Waals surface area (Å²) in [6, 6.07) is 15.8. The Morgan fingerprint density at radius 1 is 0.923 bits per heavy atom. The van der Waals surface area contributed by atoms with Crippen molar-refractivity contribution < 1.29 is 15.0 Å². The maximum atomic E-state index is 10.9. The highest BCUT2D eigenvalue weighted by atomic mass is 28.3. The highest BCUT2D eigenvalue weighted by Crippen LogP contribution is 2.36. The van der Waals surface area contributed by atoms with E-state index in [1.54, 1.807) is 18.2 Å². The number of nitrogens with zero attached hydrogens (tertiary/aromatic N) is 2. The summed E-state index contributed by atoms with van der Waals surface area (Å²) in [7, 11) is -1.43. The molecule has 3 aromatic rings. The molecule has 0 aliphatic carbocycles. The summed E-state index contributed by atoms with van der Waals surface area (Å²) in [4.78, 5) is 10.9. The van der Waals surface area contributed by atoms with Crippen molar-refractivity contribution in [3.05, 3.63) is 60.2 Å². The number of hydrogen-bond acceptors (Lipinski definition) is 4. The number of aromatic hydroxyl groups is 1. The van der Waals surface area contributed by atoms with Crippen molar-refractivity contribution in [2.45, 2.75) is 19.6 Å². The molecule has 0 bridgehead atoms. The summed E-state index contributed by atoms with van der Waals surface area (Å²) in [5.74, 6) is -0.928. The van der Waals surface area contributed by atoms with Gasteiger partial charge in [-0.3, -0.25) is 0 Å². The van der Waals surface area contributed by atoms with Crippen LogP contribution < -0.4 is 5.19 Å². The van der Waals surface area contributed by atoms with E-state index in [9.17, 15) is 9.90 Å². The Balaban J connectivity index is 2.01. The fraction of sp³-hybridized carbons (Fsp3) is 0.150. The molecule has 26 heavy (non-hydrogen) atoms. The number of rotatable bonds is 4. The van der Waals surface area contributed by atoms with Gasteiger partial charge in [0.15, 0.2) is 0 Å². The van der Waals surface area contributed by atoms with Gasteiger partial charge in [-0.15, -0.1) is 5.11 Å². The van der Waals surface area contributed by atoms with Gasteiger partial charge in [-0.2, -0.15) is 5.11 Å². The fourth-order valence-corrected chi connectivity index (χ4v) is 3.82. The van der Waals surface area contributed by atoms with E-state index in [-0.39, 0.29) is 11.3 Å². The molecule has 0 spiro atoms. The SMILES string of the molecule is C[Si](C)(C)c1ccc2c(N=Nc3ccc(C(=O)O)cc3)c(O)ccc2c1. The van der Waals surface area contributed by atoms with Gasteiger partial charge in [0.2, 0.25) is 0 Å². The molecular formula is C20H20N2O3Si. The second kappa shape index (κ2) is 6.72. The van der Waals surface area contributed by atoms with Crippen molar-refractivity contribution in [2.24, 2.45) is 10.2 Å². The number of phenols is 1. The minimum atomic E-state index is -1.43. The first-order valence-corrected chi connectivity index (χ1v) is 11.8. The number of benzene rings is 3. The molecule has 0 fully saturated rings. The first kappa shape index (κ1) is 17.8. The van der Waals surface area contributed by atoms with Gasteiger partial charge in [0, 0.05) is 5.39 Å². The van der Waals surface area contributed by atoms with E-state index in [0.29, 0.717) is 11.4 Å². The molecule has 0 heterocycles. The van der Waals surface area contributed by atoms with Crippen LogP contribution in [0.1, 0.15) is 10.4 Å². The van der Waals surface area contributed by atoms with Crippen LogP contribution in [0, 0.1) is 0 Å². The average molecular weight is 364 g/mol. The summed E-state index contributed by atoms with van der Waals surface area (Å²) < 4.78 is 0. The second-order valence-corrected chi connectivity index (χ2v) is 12.2. The van der Waals surface area contributed by atoms with Crippen LogP contribution in [0.25, 0.3) is 10.8 Å². The van der Waals surface area contributed by atoms with Crippen LogP contribution in [0.3, 0.4) is 0 Å². The largest absolute Gasteiger partial charge is 0.506 e. The topological polar surface area (TPSA) is 82.2 Å². The smallest absolute Gasteiger partial charge is 0.335 e. The van der Waals surface area contributed by atoms with Crippen molar-refractivity contribution in [1.29, 1.82) is 0 Å². The predicted molar refractivity (Wildman–Crippen MR) is 106 cm³/mol. The first-order valence-electron chi connectivity index (χ1n) is 8.27. The molecule has 0 unspecified atom stereocenters. The zero-order chi connectivity index (χ0) is 18.9. The van der Waals surface area contributed by atoms with E-state index in [1.807, 2.05) is 12.1 Å². The quantitative estimate of drug-likeness (QED) is 0.493. The number of carboxylic acid groups (broad SMARTS) is 1. The summed E-state index contributed by atoms with van der Waals surface area (Å²) in [5, 5.41) is 30.7. The van der Waals surface area contributed by atoms with Gasteiger partial charge in [-0.1, -0.05) is 49.1 Å². The third kappa shape index (κ3) is 3.65. The molecule has 0 atom stereocenters. The maximum absolute atomic E-state index is 10.9. The summed E-state index contributed by atoms with van der Waals surface area (Å²) in [6.07, 6.45) is 0. The average Bonchev–Trinajstić information content (AvgIpc) is 2.60. The van der Waals surface area contributed by atoms with Gasteiger partial charge in [-0.25, -0.2) is 4.79 Å². The van der Waals surface area contributed by atoms with Crippen LogP contribution in [-0.2, 0) is 0 Å². The number of phenolic OH excluding ortho intramolecular Hbond substituents is 1. The number of hydrogen-bond donors (Lipinski definition) is 2. The molecule has 0 radical (unpaired) electrons. The molecule has 3 rings (SSSR count). The molecule has 2 N–H and O–H groups in total. The standard InChI is InChI=1S/C20H20N2O3Si/c1-26(2,3)16-9-10-17-14(12-16)6-11-18(23)19(17)22-21-15-7-4-13(5-8-15)20(24)25/h4-12,23H,1-3H3,(H,24,25). The van der Waals surface area contributed by atoms with E-state index in [1.165, 1.54) is 17.3 Å². The van der Waals surface area contributed by atoms with Crippen molar-refractivity contribution in [3.63, 3.8) is 0 Å². The number of carbonyl (C=O) groups is 1.